The van der Waals surface area contributed by atoms with Gasteiger partial charge in [0.05, 0.1) is 36.7 Å². The summed E-state index contributed by atoms with van der Waals surface area (Å²) in [4.78, 5) is 4.51. The van der Waals surface area contributed by atoms with Gasteiger partial charge >= 0.3 is 0 Å². The van der Waals surface area contributed by atoms with Crippen LogP contribution in [0, 0.1) is 13.8 Å². The second-order valence-corrected chi connectivity index (χ2v) is 5.45. The molecule has 3 aromatic rings. The lowest BCUT2D eigenvalue weighted by atomic mass is 10.1. The minimum atomic E-state index is 0.767. The number of nitrogens with zero attached hydrogens (tertiary/aromatic N) is 2. The van der Waals surface area contributed by atoms with E-state index in [-0.39, 0.29) is 0 Å². The molecule has 0 radical (unpaired) electrons. The Balaban J connectivity index is 1.92. The SMILES string of the molecule is CCNCc1occc1Cn1cnc2cc(C)c(C)cc21. The Bertz CT molecular complexity index is 755. The van der Waals surface area contributed by atoms with Gasteiger partial charge < -0.3 is 14.3 Å². The van der Waals surface area contributed by atoms with E-state index in [1.54, 1.807) is 6.26 Å². The Morgan fingerprint density at radius 1 is 1.24 bits per heavy atom. The third-order valence-electron chi connectivity index (χ3n) is 3.95. The Morgan fingerprint density at radius 3 is 2.86 bits per heavy atom. The average molecular weight is 283 g/mol. The number of imidazole rings is 1. The molecule has 0 unspecified atom stereocenters. The molecular formula is C17H21N3O. The maximum Gasteiger partial charge on any atom is 0.122 e. The van der Waals surface area contributed by atoms with Gasteiger partial charge in [0.1, 0.15) is 5.76 Å². The Hall–Kier alpha value is -2.07. The van der Waals surface area contributed by atoms with Crippen LogP contribution in [0.15, 0.2) is 35.2 Å². The van der Waals surface area contributed by atoms with E-state index in [1.165, 1.54) is 22.2 Å². The topological polar surface area (TPSA) is 43.0 Å². The molecule has 0 aliphatic heterocycles. The van der Waals surface area contributed by atoms with Gasteiger partial charge in [-0.2, -0.15) is 0 Å². The standard InChI is InChI=1S/C17H21N3O/c1-4-18-9-17-14(5-6-21-17)10-20-11-19-15-7-12(2)13(3)8-16(15)20/h5-8,11,18H,4,9-10H2,1-3H3. The summed E-state index contributed by atoms with van der Waals surface area (Å²) in [6, 6.07) is 6.40. The molecule has 0 saturated carbocycles. The van der Waals surface area contributed by atoms with Crippen LogP contribution in [-0.2, 0) is 13.1 Å². The second-order valence-electron chi connectivity index (χ2n) is 5.45. The van der Waals surface area contributed by atoms with Crippen LogP contribution in [0.25, 0.3) is 11.0 Å². The second kappa shape index (κ2) is 5.74. The van der Waals surface area contributed by atoms with Crippen LogP contribution in [0.2, 0.25) is 0 Å². The van der Waals surface area contributed by atoms with Gasteiger partial charge in [0.25, 0.3) is 0 Å². The van der Waals surface area contributed by atoms with Crippen LogP contribution in [0.5, 0.6) is 0 Å². The molecule has 0 fully saturated rings. The molecule has 0 bridgehead atoms. The van der Waals surface area contributed by atoms with Crippen LogP contribution in [0.1, 0.15) is 29.4 Å². The molecule has 2 heterocycles. The molecule has 1 N–H and O–H groups in total. The molecule has 0 atom stereocenters. The fraction of sp³-hybridized carbons (Fsp3) is 0.353. The first-order valence-electron chi connectivity index (χ1n) is 7.37. The molecule has 0 amide bonds. The normalized spacial score (nSPS) is 11.4. The molecule has 2 aromatic heterocycles. The van der Waals surface area contributed by atoms with Crippen molar-refractivity contribution in [2.24, 2.45) is 0 Å². The summed E-state index contributed by atoms with van der Waals surface area (Å²) < 4.78 is 7.76. The lowest BCUT2D eigenvalue weighted by Crippen LogP contribution is -2.13. The van der Waals surface area contributed by atoms with Crippen LogP contribution < -0.4 is 5.32 Å². The minimum Gasteiger partial charge on any atom is -0.468 e. The van der Waals surface area contributed by atoms with E-state index in [9.17, 15) is 0 Å². The summed E-state index contributed by atoms with van der Waals surface area (Å²) in [6.45, 7) is 8.85. The monoisotopic (exact) mass is 283 g/mol. The van der Waals surface area contributed by atoms with Gasteiger partial charge in [-0.1, -0.05) is 6.92 Å². The van der Waals surface area contributed by atoms with E-state index in [0.29, 0.717) is 0 Å². The quantitative estimate of drug-likeness (QED) is 0.780. The number of benzene rings is 1. The van der Waals surface area contributed by atoms with Gasteiger partial charge in [-0.05, 0) is 49.7 Å². The number of hydrogen-bond acceptors (Lipinski definition) is 3. The summed E-state index contributed by atoms with van der Waals surface area (Å²) in [6.07, 6.45) is 3.67. The summed E-state index contributed by atoms with van der Waals surface area (Å²) >= 11 is 0. The Morgan fingerprint density at radius 2 is 2.05 bits per heavy atom. The largest absolute Gasteiger partial charge is 0.468 e. The first-order chi connectivity index (χ1) is 10.2. The minimum absolute atomic E-state index is 0.767. The number of rotatable bonds is 5. The molecule has 4 nitrogen and oxygen atoms in total. The number of hydrogen-bond donors (Lipinski definition) is 1. The van der Waals surface area contributed by atoms with Crippen LogP contribution >= 0.6 is 0 Å². The number of nitrogens with one attached hydrogen (secondary N) is 1. The van der Waals surface area contributed by atoms with E-state index in [1.807, 2.05) is 12.4 Å². The highest BCUT2D eigenvalue weighted by Crippen LogP contribution is 2.20. The van der Waals surface area contributed by atoms with Gasteiger partial charge in [-0.3, -0.25) is 0 Å². The maximum absolute atomic E-state index is 5.57. The third-order valence-corrected chi connectivity index (χ3v) is 3.95. The van der Waals surface area contributed by atoms with Gasteiger partial charge in [-0.15, -0.1) is 0 Å². The van der Waals surface area contributed by atoms with E-state index in [4.69, 9.17) is 4.42 Å². The molecule has 0 spiro atoms. The van der Waals surface area contributed by atoms with Crippen molar-refractivity contribution in [3.8, 4) is 0 Å². The van der Waals surface area contributed by atoms with Gasteiger partial charge in [0.15, 0.2) is 0 Å². The van der Waals surface area contributed by atoms with Crippen molar-refractivity contribution in [2.45, 2.75) is 33.9 Å². The molecule has 21 heavy (non-hydrogen) atoms. The Kier molecular flexibility index (Phi) is 3.80. The zero-order valence-electron chi connectivity index (χ0n) is 12.8. The Labute approximate surface area is 124 Å². The van der Waals surface area contributed by atoms with Crippen molar-refractivity contribution in [1.82, 2.24) is 14.9 Å². The summed E-state index contributed by atoms with van der Waals surface area (Å²) in [7, 11) is 0. The smallest absolute Gasteiger partial charge is 0.122 e. The highest BCUT2D eigenvalue weighted by atomic mass is 16.3. The lowest BCUT2D eigenvalue weighted by Gasteiger charge is -2.07. The molecule has 0 aliphatic rings. The molecular weight excluding hydrogens is 262 g/mol. The summed E-state index contributed by atoms with van der Waals surface area (Å²) in [5, 5.41) is 3.31. The highest BCUT2D eigenvalue weighted by molar-refractivity contribution is 5.77. The van der Waals surface area contributed by atoms with Crippen molar-refractivity contribution in [3.63, 3.8) is 0 Å². The molecule has 4 heteroatoms. The van der Waals surface area contributed by atoms with Crippen molar-refractivity contribution in [2.75, 3.05) is 6.54 Å². The average Bonchev–Trinajstić information content (AvgIpc) is 3.06. The van der Waals surface area contributed by atoms with Crippen molar-refractivity contribution in [3.05, 3.63) is 53.2 Å². The van der Waals surface area contributed by atoms with Gasteiger partial charge in [0, 0.05) is 5.56 Å². The predicted molar refractivity (Wildman–Crippen MR) is 84.4 cm³/mol. The van der Waals surface area contributed by atoms with E-state index >= 15 is 0 Å². The van der Waals surface area contributed by atoms with Crippen molar-refractivity contribution < 1.29 is 4.42 Å². The molecule has 3 rings (SSSR count). The third kappa shape index (κ3) is 2.72. The van der Waals surface area contributed by atoms with Crippen LogP contribution in [0.4, 0.5) is 0 Å². The number of aromatic nitrogens is 2. The van der Waals surface area contributed by atoms with Crippen LogP contribution in [-0.4, -0.2) is 16.1 Å². The number of fused-ring (bicyclic) bond motifs is 1. The molecule has 110 valence electrons. The van der Waals surface area contributed by atoms with Gasteiger partial charge in [-0.25, -0.2) is 4.98 Å². The molecule has 0 saturated heterocycles. The first-order valence-corrected chi connectivity index (χ1v) is 7.37. The van der Waals surface area contributed by atoms with E-state index in [2.05, 4.69) is 47.8 Å². The summed E-state index contributed by atoms with van der Waals surface area (Å²) in [5.74, 6) is 1.00. The zero-order valence-corrected chi connectivity index (χ0v) is 12.8. The van der Waals surface area contributed by atoms with Crippen molar-refractivity contribution >= 4 is 11.0 Å². The van der Waals surface area contributed by atoms with E-state index < -0.39 is 0 Å². The predicted octanol–water partition coefficient (Wildman–Crippen LogP) is 3.40. The number of aryl methyl sites for hydroxylation is 2. The lowest BCUT2D eigenvalue weighted by molar-refractivity contribution is 0.481. The van der Waals surface area contributed by atoms with E-state index in [0.717, 1.165) is 30.9 Å². The fourth-order valence-electron chi connectivity index (χ4n) is 2.52. The number of furan rings is 1. The summed E-state index contributed by atoms with van der Waals surface area (Å²) in [5.41, 5.74) is 6.00. The van der Waals surface area contributed by atoms with Crippen LogP contribution in [0.3, 0.4) is 0 Å². The van der Waals surface area contributed by atoms with Gasteiger partial charge in [0.2, 0.25) is 0 Å². The first kappa shape index (κ1) is 13.9. The molecule has 0 aliphatic carbocycles. The highest BCUT2D eigenvalue weighted by Gasteiger charge is 2.10. The molecule has 1 aromatic carbocycles. The maximum atomic E-state index is 5.57. The fourth-order valence-corrected chi connectivity index (χ4v) is 2.52. The van der Waals surface area contributed by atoms with Crippen molar-refractivity contribution in [1.29, 1.82) is 0 Å². The zero-order chi connectivity index (χ0) is 14.8.